The van der Waals surface area contributed by atoms with E-state index in [2.05, 4.69) is 42.1 Å². The van der Waals surface area contributed by atoms with Crippen LogP contribution in [0.3, 0.4) is 0 Å². The van der Waals surface area contributed by atoms with Gasteiger partial charge in [0.2, 0.25) is 0 Å². The van der Waals surface area contributed by atoms with Gasteiger partial charge in [0.15, 0.2) is 5.82 Å². The van der Waals surface area contributed by atoms with Crippen molar-refractivity contribution in [3.8, 4) is 11.4 Å². The Hall–Kier alpha value is -2.90. The summed E-state index contributed by atoms with van der Waals surface area (Å²) < 4.78 is 6.12. The van der Waals surface area contributed by atoms with Crippen LogP contribution in [0.25, 0.3) is 22.3 Å². The van der Waals surface area contributed by atoms with Crippen LogP contribution in [0.4, 0.5) is 5.82 Å². The summed E-state index contributed by atoms with van der Waals surface area (Å²) >= 11 is 1.68. The van der Waals surface area contributed by atoms with Gasteiger partial charge in [0, 0.05) is 40.7 Å². The van der Waals surface area contributed by atoms with Gasteiger partial charge in [-0.3, -0.25) is 4.98 Å². The Morgan fingerprint density at radius 3 is 2.71 bits per heavy atom. The number of anilines is 1. The van der Waals surface area contributed by atoms with Crippen LogP contribution in [0.2, 0.25) is 0 Å². The molecule has 0 radical (unpaired) electrons. The molecule has 7 heteroatoms. The van der Waals surface area contributed by atoms with E-state index in [0.717, 1.165) is 39.5 Å². The molecule has 0 amide bonds. The fraction of sp³-hybridized carbons (Fsp3) is 0.333. The van der Waals surface area contributed by atoms with E-state index in [4.69, 9.17) is 19.7 Å². The lowest BCUT2D eigenvalue weighted by molar-refractivity contribution is 0.0393. The minimum Gasteiger partial charge on any atom is -0.367 e. The van der Waals surface area contributed by atoms with Crippen molar-refractivity contribution in [2.75, 3.05) is 24.6 Å². The lowest BCUT2D eigenvalue weighted by atomic mass is 9.93. The fourth-order valence-electron chi connectivity index (χ4n) is 3.70. The third-order valence-corrected chi connectivity index (χ3v) is 6.37. The smallest absolute Gasteiger partial charge is 0.163 e. The molecule has 5 rings (SSSR count). The summed E-state index contributed by atoms with van der Waals surface area (Å²) in [5.74, 6) is 1.62. The first-order chi connectivity index (χ1) is 15.0. The quantitative estimate of drug-likeness (QED) is 0.454. The summed E-state index contributed by atoms with van der Waals surface area (Å²) in [6.07, 6.45) is 3.50. The molecule has 158 valence electrons. The summed E-state index contributed by atoms with van der Waals surface area (Å²) in [4.78, 5) is 21.2. The predicted molar refractivity (Wildman–Crippen MR) is 124 cm³/mol. The largest absolute Gasteiger partial charge is 0.367 e. The van der Waals surface area contributed by atoms with Gasteiger partial charge in [-0.05, 0) is 24.3 Å². The molecule has 0 saturated carbocycles. The second kappa shape index (κ2) is 7.98. The molecule has 0 spiro atoms. The van der Waals surface area contributed by atoms with Gasteiger partial charge in [-0.25, -0.2) is 15.0 Å². The van der Waals surface area contributed by atoms with Crippen LogP contribution in [0.15, 0.2) is 54.2 Å². The molecule has 3 aromatic heterocycles. The van der Waals surface area contributed by atoms with Gasteiger partial charge < -0.3 is 9.64 Å². The monoisotopic (exact) mass is 431 g/mol. The van der Waals surface area contributed by atoms with E-state index in [1.54, 1.807) is 23.7 Å². The molecule has 1 aliphatic heterocycles. The van der Waals surface area contributed by atoms with Crippen molar-refractivity contribution in [1.29, 1.82) is 0 Å². The molecule has 0 bridgehead atoms. The Balaban J connectivity index is 1.52. The van der Waals surface area contributed by atoms with E-state index in [-0.39, 0.29) is 11.5 Å². The highest BCUT2D eigenvalue weighted by molar-refractivity contribution is 7.09. The van der Waals surface area contributed by atoms with Gasteiger partial charge >= 0.3 is 0 Å². The molecule has 1 aliphatic rings. The average Bonchev–Trinajstić information content (AvgIpc) is 3.30. The maximum Gasteiger partial charge on any atom is 0.163 e. The zero-order chi connectivity index (χ0) is 21.4. The summed E-state index contributed by atoms with van der Waals surface area (Å²) in [5, 5.41) is 4.23. The van der Waals surface area contributed by atoms with Crippen molar-refractivity contribution < 1.29 is 4.74 Å². The number of para-hydroxylation sites is 1. The number of nitrogens with zero attached hydrogens (tertiary/aromatic N) is 5. The zero-order valence-corrected chi connectivity index (χ0v) is 18.8. The standard InChI is InChI=1S/C24H25N5OS/c1-24(2,3)20-15-31-23(27-20)19-14-29(11-12-30-19)22-17-8-4-5-9-18(17)26-21(28-22)16-7-6-10-25-13-16/h4-10,13,15,19H,11-12,14H2,1-3H3. The number of ether oxygens (including phenoxy) is 1. The molecule has 1 unspecified atom stereocenters. The first-order valence-electron chi connectivity index (χ1n) is 10.5. The lowest BCUT2D eigenvalue weighted by Crippen LogP contribution is -2.39. The van der Waals surface area contributed by atoms with Gasteiger partial charge in [0.1, 0.15) is 16.9 Å². The van der Waals surface area contributed by atoms with Gasteiger partial charge in [-0.2, -0.15) is 0 Å². The summed E-state index contributed by atoms with van der Waals surface area (Å²) in [5.41, 5.74) is 2.98. The first kappa shape index (κ1) is 20.0. The van der Waals surface area contributed by atoms with E-state index < -0.39 is 0 Å². The molecule has 4 aromatic rings. The number of fused-ring (bicyclic) bond motifs is 1. The average molecular weight is 432 g/mol. The number of rotatable bonds is 3. The van der Waals surface area contributed by atoms with E-state index >= 15 is 0 Å². The van der Waals surface area contributed by atoms with Crippen molar-refractivity contribution in [1.82, 2.24) is 19.9 Å². The molecular weight excluding hydrogens is 406 g/mol. The fourth-order valence-corrected chi connectivity index (χ4v) is 4.78. The Bertz CT molecular complexity index is 1200. The van der Waals surface area contributed by atoms with Crippen LogP contribution >= 0.6 is 11.3 Å². The van der Waals surface area contributed by atoms with Crippen molar-refractivity contribution in [2.24, 2.45) is 0 Å². The summed E-state index contributed by atoms with van der Waals surface area (Å²) in [7, 11) is 0. The van der Waals surface area contributed by atoms with Crippen LogP contribution < -0.4 is 4.90 Å². The van der Waals surface area contributed by atoms with Gasteiger partial charge in [0.05, 0.1) is 24.4 Å². The van der Waals surface area contributed by atoms with Crippen molar-refractivity contribution in [3.63, 3.8) is 0 Å². The lowest BCUT2D eigenvalue weighted by Gasteiger charge is -2.33. The van der Waals surface area contributed by atoms with Crippen LogP contribution in [0, 0.1) is 0 Å². The minimum atomic E-state index is -0.0644. The van der Waals surface area contributed by atoms with Gasteiger partial charge in [-0.1, -0.05) is 32.9 Å². The Labute approximate surface area is 186 Å². The molecule has 1 fully saturated rings. The Morgan fingerprint density at radius 2 is 1.94 bits per heavy atom. The Morgan fingerprint density at radius 1 is 1.06 bits per heavy atom. The molecule has 0 aliphatic carbocycles. The molecule has 31 heavy (non-hydrogen) atoms. The van der Waals surface area contributed by atoms with Crippen LogP contribution in [0.1, 0.15) is 37.6 Å². The molecule has 0 N–H and O–H groups in total. The summed E-state index contributed by atoms with van der Waals surface area (Å²) in [6, 6.07) is 12.1. The maximum atomic E-state index is 6.12. The molecular formula is C24H25N5OS. The van der Waals surface area contributed by atoms with E-state index in [9.17, 15) is 0 Å². The van der Waals surface area contributed by atoms with E-state index in [1.807, 2.05) is 30.3 Å². The maximum absolute atomic E-state index is 6.12. The normalized spacial score (nSPS) is 17.3. The molecule has 1 aromatic carbocycles. The second-order valence-electron chi connectivity index (χ2n) is 8.76. The number of benzene rings is 1. The number of morpholine rings is 1. The number of hydrogen-bond acceptors (Lipinski definition) is 7. The second-order valence-corrected chi connectivity index (χ2v) is 9.65. The van der Waals surface area contributed by atoms with Crippen LogP contribution in [-0.4, -0.2) is 39.6 Å². The van der Waals surface area contributed by atoms with Gasteiger partial charge in [-0.15, -0.1) is 11.3 Å². The third-order valence-electron chi connectivity index (χ3n) is 5.43. The molecule has 1 saturated heterocycles. The molecule has 1 atom stereocenters. The van der Waals surface area contributed by atoms with Crippen molar-refractivity contribution in [3.05, 3.63) is 64.9 Å². The van der Waals surface area contributed by atoms with Crippen molar-refractivity contribution >= 4 is 28.1 Å². The zero-order valence-electron chi connectivity index (χ0n) is 17.9. The minimum absolute atomic E-state index is 0.0323. The number of thiazole rings is 1. The SMILES string of the molecule is CC(C)(C)c1csc(C2CN(c3nc(-c4cccnc4)nc4ccccc34)CCO2)n1. The first-order valence-corrected chi connectivity index (χ1v) is 11.4. The highest BCUT2D eigenvalue weighted by atomic mass is 32.1. The van der Waals surface area contributed by atoms with Crippen LogP contribution in [-0.2, 0) is 10.2 Å². The van der Waals surface area contributed by atoms with E-state index in [1.165, 1.54) is 0 Å². The number of aromatic nitrogens is 4. The predicted octanol–water partition coefficient (Wildman–Crippen LogP) is 5.02. The van der Waals surface area contributed by atoms with Crippen LogP contribution in [0.5, 0.6) is 0 Å². The molecule has 6 nitrogen and oxygen atoms in total. The highest BCUT2D eigenvalue weighted by Gasteiger charge is 2.28. The molecule has 4 heterocycles. The van der Waals surface area contributed by atoms with Crippen molar-refractivity contribution in [2.45, 2.75) is 32.3 Å². The summed E-state index contributed by atoms with van der Waals surface area (Å²) in [6.45, 7) is 8.69. The third kappa shape index (κ3) is 4.03. The highest BCUT2D eigenvalue weighted by Crippen LogP contribution is 2.33. The number of hydrogen-bond donors (Lipinski definition) is 0. The Kier molecular flexibility index (Phi) is 5.16. The van der Waals surface area contributed by atoms with E-state index in [0.29, 0.717) is 19.0 Å². The number of pyridine rings is 1. The topological polar surface area (TPSA) is 64.0 Å². The van der Waals surface area contributed by atoms with Gasteiger partial charge in [0.25, 0.3) is 0 Å².